The highest BCUT2D eigenvalue weighted by Crippen LogP contribution is 2.64. The van der Waals surface area contributed by atoms with E-state index in [4.69, 9.17) is 0 Å². The summed E-state index contributed by atoms with van der Waals surface area (Å²) in [5.41, 5.74) is -1.67. The van der Waals surface area contributed by atoms with Gasteiger partial charge in [-0.3, -0.25) is 4.79 Å². The van der Waals surface area contributed by atoms with Crippen molar-refractivity contribution < 1.29 is 24.5 Å². The van der Waals surface area contributed by atoms with Crippen molar-refractivity contribution in [1.82, 2.24) is 0 Å². The molecule has 0 radical (unpaired) electrons. The Labute approximate surface area is 155 Å². The summed E-state index contributed by atoms with van der Waals surface area (Å²) in [5, 5.41) is 22.4. The van der Waals surface area contributed by atoms with Gasteiger partial charge in [0.2, 0.25) is 0 Å². The largest absolute Gasteiger partial charge is 0.465 e. The number of aliphatic hydroxyl groups is 2. The Kier molecular flexibility index (Phi) is 4.48. The normalized spacial score (nSPS) is 41.5. The van der Waals surface area contributed by atoms with Gasteiger partial charge in [0.05, 0.1) is 18.3 Å². The molecule has 0 heterocycles. The number of carbonyl (C=O) groups is 2. The zero-order valence-electron chi connectivity index (χ0n) is 16.2. The molecule has 0 aromatic rings. The first-order valence-corrected chi connectivity index (χ1v) is 9.43. The van der Waals surface area contributed by atoms with Gasteiger partial charge < -0.3 is 14.9 Å². The van der Waals surface area contributed by atoms with E-state index in [1.165, 1.54) is 13.2 Å². The molecule has 5 atom stereocenters. The molecule has 2 N–H and O–H groups in total. The van der Waals surface area contributed by atoms with E-state index in [1.54, 1.807) is 0 Å². The highest BCUT2D eigenvalue weighted by Gasteiger charge is 2.63. The second-order valence-electron chi connectivity index (χ2n) is 9.25. The average Bonchev–Trinajstić information content (AvgIpc) is 2.55. The summed E-state index contributed by atoms with van der Waals surface area (Å²) in [6.45, 7) is 10.2. The van der Waals surface area contributed by atoms with E-state index in [9.17, 15) is 19.8 Å². The number of methoxy groups -OCH3 is 1. The predicted molar refractivity (Wildman–Crippen MR) is 97.2 cm³/mol. The number of hydrogen-bond donors (Lipinski definition) is 2. The molecule has 0 aromatic carbocycles. The first-order valence-electron chi connectivity index (χ1n) is 9.43. The third-order valence-corrected chi connectivity index (χ3v) is 7.36. The van der Waals surface area contributed by atoms with Crippen molar-refractivity contribution in [2.24, 2.45) is 22.7 Å². The molecule has 5 nitrogen and oxygen atoms in total. The van der Waals surface area contributed by atoms with Crippen LogP contribution in [0, 0.1) is 22.7 Å². The predicted octanol–water partition coefficient (Wildman–Crippen LogP) is 2.56. The van der Waals surface area contributed by atoms with Crippen LogP contribution in [0.1, 0.15) is 52.9 Å². The second kappa shape index (κ2) is 6.03. The minimum absolute atomic E-state index is 0.0137. The van der Waals surface area contributed by atoms with E-state index in [0.717, 1.165) is 25.7 Å². The van der Waals surface area contributed by atoms with Crippen LogP contribution in [0.5, 0.6) is 0 Å². The smallest absolute Gasteiger partial charge is 0.337 e. The van der Waals surface area contributed by atoms with E-state index < -0.39 is 29.4 Å². The van der Waals surface area contributed by atoms with Crippen molar-refractivity contribution >= 4 is 11.8 Å². The third-order valence-electron chi connectivity index (χ3n) is 7.36. The van der Waals surface area contributed by atoms with Crippen LogP contribution < -0.4 is 0 Å². The first kappa shape index (κ1) is 19.3. The van der Waals surface area contributed by atoms with Crippen molar-refractivity contribution in [2.75, 3.05) is 7.11 Å². The summed E-state index contributed by atoms with van der Waals surface area (Å²) in [6.07, 6.45) is 4.41. The molecule has 2 fully saturated rings. The summed E-state index contributed by atoms with van der Waals surface area (Å²) in [4.78, 5) is 24.7. The Morgan fingerprint density at radius 1 is 1.27 bits per heavy atom. The number of rotatable bonds is 2. The summed E-state index contributed by atoms with van der Waals surface area (Å²) in [6, 6.07) is 0. The lowest BCUT2D eigenvalue weighted by atomic mass is 9.43. The van der Waals surface area contributed by atoms with Crippen molar-refractivity contribution in [2.45, 2.75) is 64.6 Å². The van der Waals surface area contributed by atoms with E-state index in [0.29, 0.717) is 12.3 Å². The van der Waals surface area contributed by atoms with E-state index in [-0.39, 0.29) is 22.0 Å². The van der Waals surface area contributed by atoms with Crippen LogP contribution in [0.25, 0.3) is 0 Å². The Hall–Kier alpha value is -1.46. The summed E-state index contributed by atoms with van der Waals surface area (Å²) in [7, 11) is 1.21. The fourth-order valence-electron chi connectivity index (χ4n) is 6.26. The van der Waals surface area contributed by atoms with Crippen molar-refractivity contribution in [3.8, 4) is 0 Å². The van der Waals surface area contributed by atoms with Crippen LogP contribution in [0.4, 0.5) is 0 Å². The quantitative estimate of drug-likeness (QED) is 0.583. The molecule has 144 valence electrons. The summed E-state index contributed by atoms with van der Waals surface area (Å²) >= 11 is 0. The van der Waals surface area contributed by atoms with Gasteiger partial charge in [0.1, 0.15) is 6.10 Å². The van der Waals surface area contributed by atoms with Gasteiger partial charge in [-0.15, -0.1) is 0 Å². The van der Waals surface area contributed by atoms with Crippen LogP contribution in [0.3, 0.4) is 0 Å². The van der Waals surface area contributed by atoms with Gasteiger partial charge in [-0.05, 0) is 48.5 Å². The molecule has 2 saturated carbocycles. The van der Waals surface area contributed by atoms with Crippen LogP contribution in [-0.4, -0.2) is 40.8 Å². The van der Waals surface area contributed by atoms with Crippen LogP contribution >= 0.6 is 0 Å². The van der Waals surface area contributed by atoms with Gasteiger partial charge in [-0.2, -0.15) is 0 Å². The summed E-state index contributed by atoms with van der Waals surface area (Å²) in [5.74, 6) is -1.51. The number of ether oxygens (including phenoxy) is 1. The number of ketones is 1. The monoisotopic (exact) mass is 362 g/mol. The zero-order valence-corrected chi connectivity index (χ0v) is 16.2. The van der Waals surface area contributed by atoms with Gasteiger partial charge in [0, 0.05) is 11.5 Å². The highest BCUT2D eigenvalue weighted by atomic mass is 16.5. The number of Topliss-reactive ketones (excluding diaryl/α,β-unsaturated/α-hetero) is 1. The Balaban J connectivity index is 2.08. The van der Waals surface area contributed by atoms with Crippen LogP contribution in [0.15, 0.2) is 23.8 Å². The minimum Gasteiger partial charge on any atom is -0.465 e. The Bertz CT molecular complexity index is 691. The second-order valence-corrected chi connectivity index (χ2v) is 9.25. The van der Waals surface area contributed by atoms with Gasteiger partial charge in [-0.1, -0.05) is 33.8 Å². The molecule has 3 rings (SSSR count). The number of aliphatic hydroxyl groups excluding tert-OH is 1. The van der Waals surface area contributed by atoms with Gasteiger partial charge >= 0.3 is 5.97 Å². The fraction of sp³-hybridized carbons (Fsp3) is 0.714. The molecule has 5 heteroatoms. The number of hydrogen-bond acceptors (Lipinski definition) is 5. The maximum atomic E-state index is 12.9. The molecule has 0 spiro atoms. The molecule has 0 saturated heterocycles. The first-order chi connectivity index (χ1) is 12.0. The Morgan fingerprint density at radius 2 is 1.92 bits per heavy atom. The van der Waals surface area contributed by atoms with E-state index in [1.807, 2.05) is 0 Å². The van der Waals surface area contributed by atoms with Gasteiger partial charge in [-0.25, -0.2) is 4.79 Å². The minimum atomic E-state index is -1.34. The third kappa shape index (κ3) is 2.59. The zero-order chi connectivity index (χ0) is 19.5. The van der Waals surface area contributed by atoms with E-state index in [2.05, 4.69) is 32.1 Å². The lowest BCUT2D eigenvalue weighted by Crippen LogP contribution is -2.64. The molecule has 3 aliphatic rings. The molecule has 0 bridgehead atoms. The molecular weight excluding hydrogens is 332 g/mol. The number of esters is 1. The number of carbonyl (C=O) groups excluding carboxylic acids is 2. The SMILES string of the molecule is C=C(C(=O)OC)C1=C[C@]2(O)CC[C@@H]3C(C)(C)CCC[C@@]3(C)[C@@H]2[C@@H](O)C1=O. The van der Waals surface area contributed by atoms with Crippen molar-refractivity contribution in [3.63, 3.8) is 0 Å². The maximum absolute atomic E-state index is 12.9. The molecule has 0 aliphatic heterocycles. The topological polar surface area (TPSA) is 83.8 Å². The summed E-state index contributed by atoms with van der Waals surface area (Å²) < 4.78 is 4.66. The van der Waals surface area contributed by atoms with Crippen molar-refractivity contribution in [1.29, 1.82) is 0 Å². The van der Waals surface area contributed by atoms with Crippen LogP contribution in [0.2, 0.25) is 0 Å². The van der Waals surface area contributed by atoms with Crippen LogP contribution in [-0.2, 0) is 14.3 Å². The van der Waals surface area contributed by atoms with Crippen molar-refractivity contribution in [3.05, 3.63) is 23.8 Å². The van der Waals surface area contributed by atoms with Gasteiger partial charge in [0.15, 0.2) is 5.78 Å². The highest BCUT2D eigenvalue weighted by molar-refractivity contribution is 6.12. The molecule has 26 heavy (non-hydrogen) atoms. The Morgan fingerprint density at radius 3 is 2.54 bits per heavy atom. The fourth-order valence-corrected chi connectivity index (χ4v) is 6.26. The molecule has 3 aliphatic carbocycles. The molecular formula is C21H30O5. The van der Waals surface area contributed by atoms with Gasteiger partial charge in [0.25, 0.3) is 0 Å². The standard InChI is InChI=1S/C21H30O5/c1-12(18(24)26-5)13-11-21(25)10-7-14-19(2,3)8-6-9-20(14,4)17(21)16(23)15(13)22/h11,14,16-17,23,25H,1,6-10H2,2-5H3/t14-,16+,17+,20-,21-/m1/s1. The average molecular weight is 362 g/mol. The van der Waals surface area contributed by atoms with E-state index >= 15 is 0 Å². The molecule has 0 aromatic heterocycles. The number of fused-ring (bicyclic) bond motifs is 3. The maximum Gasteiger partial charge on any atom is 0.337 e. The lowest BCUT2D eigenvalue weighted by Gasteiger charge is -2.62. The lowest BCUT2D eigenvalue weighted by molar-refractivity contribution is -0.193. The molecule has 0 unspecified atom stereocenters. The molecule has 0 amide bonds.